The molecular formula is C14H25NO. The number of hydrogen-bond acceptors (Lipinski definition) is 2. The number of hydrogen-bond donors (Lipinski definition) is 2. The highest BCUT2D eigenvalue weighted by atomic mass is 16.3. The largest absolute Gasteiger partial charge is 0.396 e. The third-order valence-corrected chi connectivity index (χ3v) is 5.71. The topological polar surface area (TPSA) is 46.2 Å². The third kappa shape index (κ3) is 1.62. The molecule has 1 atom stereocenters. The van der Waals surface area contributed by atoms with Crippen LogP contribution in [0.4, 0.5) is 0 Å². The van der Waals surface area contributed by atoms with Crippen molar-refractivity contribution in [2.45, 2.75) is 44.9 Å². The van der Waals surface area contributed by atoms with E-state index in [0.717, 1.165) is 30.7 Å². The Morgan fingerprint density at radius 2 is 1.56 bits per heavy atom. The fourth-order valence-corrected chi connectivity index (χ4v) is 5.51. The van der Waals surface area contributed by atoms with Gasteiger partial charge in [-0.3, -0.25) is 0 Å². The smallest absolute Gasteiger partial charge is 0.0434 e. The maximum Gasteiger partial charge on any atom is 0.0434 e. The first kappa shape index (κ1) is 11.0. The molecule has 0 heterocycles. The molecule has 1 unspecified atom stereocenters. The van der Waals surface area contributed by atoms with Crippen molar-refractivity contribution in [2.24, 2.45) is 34.8 Å². The standard InChI is InChI=1S/C14H25NO/c15-9-13(1-2-16)14-6-10-3-11(7-14)5-12(4-10)8-14/h10-13,16H,1-9,15H2. The van der Waals surface area contributed by atoms with Crippen LogP contribution in [0.2, 0.25) is 0 Å². The number of rotatable bonds is 4. The lowest BCUT2D eigenvalue weighted by Crippen LogP contribution is -2.51. The van der Waals surface area contributed by atoms with Crippen molar-refractivity contribution in [3.8, 4) is 0 Å². The van der Waals surface area contributed by atoms with Crippen molar-refractivity contribution in [1.29, 1.82) is 0 Å². The molecular weight excluding hydrogens is 198 g/mol. The van der Waals surface area contributed by atoms with Gasteiger partial charge in [0.15, 0.2) is 0 Å². The molecule has 0 amide bonds. The Bertz CT molecular complexity index is 228. The van der Waals surface area contributed by atoms with Crippen molar-refractivity contribution in [3.05, 3.63) is 0 Å². The SMILES string of the molecule is NCC(CCO)C12CC3CC(CC(C3)C1)C2. The Kier molecular flexibility index (Phi) is 2.75. The lowest BCUT2D eigenvalue weighted by molar-refractivity contribution is -0.0891. The fraction of sp³-hybridized carbons (Fsp3) is 1.00. The van der Waals surface area contributed by atoms with E-state index in [4.69, 9.17) is 5.73 Å². The summed E-state index contributed by atoms with van der Waals surface area (Å²) in [6, 6.07) is 0. The van der Waals surface area contributed by atoms with Gasteiger partial charge in [0.25, 0.3) is 0 Å². The summed E-state index contributed by atoms with van der Waals surface area (Å²) in [6.45, 7) is 1.11. The van der Waals surface area contributed by atoms with E-state index in [1.54, 1.807) is 0 Å². The highest BCUT2D eigenvalue weighted by Crippen LogP contribution is 2.62. The molecule has 0 aromatic rings. The minimum atomic E-state index is 0.323. The summed E-state index contributed by atoms with van der Waals surface area (Å²) < 4.78 is 0. The average Bonchev–Trinajstić information content (AvgIpc) is 2.23. The summed E-state index contributed by atoms with van der Waals surface area (Å²) in [6.07, 6.45) is 9.67. The zero-order chi connectivity index (χ0) is 11.2. The summed E-state index contributed by atoms with van der Waals surface area (Å²) in [5, 5.41) is 9.21. The quantitative estimate of drug-likeness (QED) is 0.767. The van der Waals surface area contributed by atoms with Crippen molar-refractivity contribution in [1.82, 2.24) is 0 Å². The second-order valence-electron chi connectivity index (χ2n) is 6.72. The first-order chi connectivity index (χ1) is 7.75. The molecule has 4 aliphatic carbocycles. The van der Waals surface area contributed by atoms with E-state index < -0.39 is 0 Å². The molecule has 0 aromatic heterocycles. The normalized spacial score (nSPS) is 47.2. The molecule has 92 valence electrons. The van der Waals surface area contributed by atoms with Gasteiger partial charge in [-0.2, -0.15) is 0 Å². The Labute approximate surface area is 98.6 Å². The summed E-state index contributed by atoms with van der Waals surface area (Å²) in [7, 11) is 0. The van der Waals surface area contributed by atoms with Gasteiger partial charge in [0, 0.05) is 6.61 Å². The van der Waals surface area contributed by atoms with Crippen LogP contribution in [-0.2, 0) is 0 Å². The van der Waals surface area contributed by atoms with Gasteiger partial charge in [-0.15, -0.1) is 0 Å². The van der Waals surface area contributed by atoms with E-state index in [1.807, 2.05) is 0 Å². The van der Waals surface area contributed by atoms with E-state index in [1.165, 1.54) is 38.5 Å². The van der Waals surface area contributed by atoms with Gasteiger partial charge in [0.2, 0.25) is 0 Å². The molecule has 4 saturated carbocycles. The van der Waals surface area contributed by atoms with Gasteiger partial charge in [-0.1, -0.05) is 0 Å². The van der Waals surface area contributed by atoms with Crippen LogP contribution in [-0.4, -0.2) is 18.3 Å². The third-order valence-electron chi connectivity index (χ3n) is 5.71. The van der Waals surface area contributed by atoms with E-state index in [2.05, 4.69) is 0 Å². The minimum Gasteiger partial charge on any atom is -0.396 e. The van der Waals surface area contributed by atoms with E-state index in [-0.39, 0.29) is 0 Å². The van der Waals surface area contributed by atoms with Crippen molar-refractivity contribution < 1.29 is 5.11 Å². The lowest BCUT2D eigenvalue weighted by atomic mass is 9.46. The Morgan fingerprint density at radius 1 is 1.06 bits per heavy atom. The van der Waals surface area contributed by atoms with Crippen LogP contribution in [0.15, 0.2) is 0 Å². The fourth-order valence-electron chi connectivity index (χ4n) is 5.51. The summed E-state index contributed by atoms with van der Waals surface area (Å²) >= 11 is 0. The average molecular weight is 223 g/mol. The second-order valence-corrected chi connectivity index (χ2v) is 6.72. The Balaban J connectivity index is 1.81. The summed E-state index contributed by atoms with van der Waals surface area (Å²) in [4.78, 5) is 0. The Morgan fingerprint density at radius 3 is 1.94 bits per heavy atom. The van der Waals surface area contributed by atoms with Gasteiger partial charge < -0.3 is 10.8 Å². The Hall–Kier alpha value is -0.0800. The molecule has 4 bridgehead atoms. The number of aliphatic hydroxyl groups is 1. The van der Waals surface area contributed by atoms with E-state index in [0.29, 0.717) is 17.9 Å². The predicted octanol–water partition coefficient (Wildman–Crippen LogP) is 2.16. The maximum atomic E-state index is 9.21. The van der Waals surface area contributed by atoms with Crippen molar-refractivity contribution in [3.63, 3.8) is 0 Å². The second kappa shape index (κ2) is 3.99. The molecule has 3 N–H and O–H groups in total. The summed E-state index contributed by atoms with van der Waals surface area (Å²) in [5.74, 6) is 3.59. The molecule has 2 nitrogen and oxygen atoms in total. The van der Waals surface area contributed by atoms with Crippen molar-refractivity contribution >= 4 is 0 Å². The van der Waals surface area contributed by atoms with Crippen LogP contribution in [0.25, 0.3) is 0 Å². The van der Waals surface area contributed by atoms with Crippen LogP contribution >= 0.6 is 0 Å². The number of aliphatic hydroxyl groups excluding tert-OH is 1. The first-order valence-corrected chi connectivity index (χ1v) is 7.06. The maximum absolute atomic E-state index is 9.21. The van der Waals surface area contributed by atoms with Crippen LogP contribution in [0.5, 0.6) is 0 Å². The monoisotopic (exact) mass is 223 g/mol. The van der Waals surface area contributed by atoms with Crippen LogP contribution in [0.1, 0.15) is 44.9 Å². The van der Waals surface area contributed by atoms with Gasteiger partial charge in [-0.25, -0.2) is 0 Å². The highest BCUT2D eigenvalue weighted by Gasteiger charge is 2.53. The molecule has 4 fully saturated rings. The number of nitrogens with two attached hydrogens (primary N) is 1. The lowest BCUT2D eigenvalue weighted by Gasteiger charge is -2.59. The van der Waals surface area contributed by atoms with Gasteiger partial charge in [-0.05, 0) is 80.6 Å². The molecule has 0 aliphatic heterocycles. The van der Waals surface area contributed by atoms with E-state index in [9.17, 15) is 5.11 Å². The molecule has 16 heavy (non-hydrogen) atoms. The minimum absolute atomic E-state index is 0.323. The zero-order valence-electron chi connectivity index (χ0n) is 10.2. The molecule has 0 aromatic carbocycles. The molecule has 4 aliphatic rings. The molecule has 0 radical (unpaired) electrons. The zero-order valence-corrected chi connectivity index (χ0v) is 10.2. The van der Waals surface area contributed by atoms with Crippen molar-refractivity contribution in [2.75, 3.05) is 13.2 Å². The highest BCUT2D eigenvalue weighted by molar-refractivity contribution is 5.04. The molecule has 0 spiro atoms. The van der Waals surface area contributed by atoms with Crippen LogP contribution in [0.3, 0.4) is 0 Å². The molecule has 4 rings (SSSR count). The van der Waals surface area contributed by atoms with Gasteiger partial charge in [0.1, 0.15) is 0 Å². The summed E-state index contributed by atoms with van der Waals surface area (Å²) in [5.41, 5.74) is 6.50. The van der Waals surface area contributed by atoms with Gasteiger partial charge >= 0.3 is 0 Å². The van der Waals surface area contributed by atoms with Gasteiger partial charge in [0.05, 0.1) is 0 Å². The van der Waals surface area contributed by atoms with Crippen LogP contribution in [0, 0.1) is 29.1 Å². The predicted molar refractivity (Wildman–Crippen MR) is 64.9 cm³/mol. The van der Waals surface area contributed by atoms with Crippen LogP contribution < -0.4 is 5.73 Å². The first-order valence-electron chi connectivity index (χ1n) is 7.06. The van der Waals surface area contributed by atoms with E-state index >= 15 is 0 Å². The molecule has 0 saturated heterocycles. The molecule has 2 heteroatoms.